The van der Waals surface area contributed by atoms with Crippen molar-refractivity contribution in [2.75, 3.05) is 40.9 Å². The fraction of sp³-hybridized carbons (Fsp3) is 0.811. The Kier molecular flexibility index (Phi) is 61.5. The average molecular weight is 1200 g/mol. The number of rotatable bonds is 65. The van der Waals surface area contributed by atoms with Crippen molar-refractivity contribution >= 4 is 19.7 Å². The molecule has 0 aliphatic carbocycles. The summed E-state index contributed by atoms with van der Waals surface area (Å²) in [6.45, 7) is 6.99. The molecule has 0 heterocycles. The largest absolute Gasteiger partial charge is 0.472 e. The van der Waals surface area contributed by atoms with Gasteiger partial charge in [-0.3, -0.25) is 18.6 Å². The van der Waals surface area contributed by atoms with Crippen molar-refractivity contribution in [1.82, 2.24) is 5.32 Å². The number of carbonyl (C=O) groups is 2. The number of quaternary nitrogens is 1. The number of ether oxygens (including phenoxy) is 1. The Labute approximate surface area is 521 Å². The number of esters is 1. The van der Waals surface area contributed by atoms with Gasteiger partial charge in [0.15, 0.2) is 0 Å². The van der Waals surface area contributed by atoms with Crippen LogP contribution in [0.1, 0.15) is 335 Å². The van der Waals surface area contributed by atoms with Crippen molar-refractivity contribution in [2.45, 2.75) is 348 Å². The van der Waals surface area contributed by atoms with Gasteiger partial charge in [-0.15, -0.1) is 0 Å². The minimum atomic E-state index is -4.46. The van der Waals surface area contributed by atoms with E-state index in [-0.39, 0.29) is 31.5 Å². The molecule has 0 saturated carbocycles. The Morgan fingerprint density at radius 3 is 1.11 bits per heavy atom. The molecule has 0 bridgehead atoms. The highest BCUT2D eigenvalue weighted by Gasteiger charge is 2.30. The molecule has 490 valence electrons. The Bertz CT molecular complexity index is 1670. The van der Waals surface area contributed by atoms with Gasteiger partial charge in [0.1, 0.15) is 19.3 Å². The molecule has 84 heavy (non-hydrogen) atoms. The number of nitrogens with one attached hydrogen (secondary N) is 1. The van der Waals surface area contributed by atoms with Gasteiger partial charge in [0.25, 0.3) is 0 Å². The number of allylic oxidation sites excluding steroid dienone is 11. The second-order valence-corrected chi connectivity index (χ2v) is 26.9. The molecule has 0 saturated heterocycles. The molecule has 0 fully saturated rings. The molecular weight excluding hydrogens is 1060 g/mol. The van der Waals surface area contributed by atoms with Crippen LogP contribution < -0.4 is 5.32 Å². The molecule has 0 aromatic heterocycles. The van der Waals surface area contributed by atoms with Crippen LogP contribution in [0.5, 0.6) is 0 Å². The summed E-state index contributed by atoms with van der Waals surface area (Å²) in [5.74, 6) is -0.500. The zero-order valence-electron chi connectivity index (χ0n) is 56.1. The Morgan fingerprint density at radius 1 is 0.417 bits per heavy atom. The first-order valence-electron chi connectivity index (χ1n) is 35.8. The normalized spacial score (nSPS) is 13.9. The van der Waals surface area contributed by atoms with Crippen molar-refractivity contribution in [1.29, 1.82) is 0 Å². The highest BCUT2D eigenvalue weighted by molar-refractivity contribution is 7.47. The van der Waals surface area contributed by atoms with Crippen LogP contribution >= 0.6 is 7.82 Å². The maximum atomic E-state index is 13.6. The van der Waals surface area contributed by atoms with Crippen molar-refractivity contribution in [3.05, 3.63) is 72.9 Å². The van der Waals surface area contributed by atoms with E-state index in [1.54, 1.807) is 0 Å². The summed E-state index contributed by atoms with van der Waals surface area (Å²) in [6.07, 6.45) is 83.3. The lowest BCUT2D eigenvalue weighted by Gasteiger charge is -2.27. The van der Waals surface area contributed by atoms with Gasteiger partial charge < -0.3 is 19.4 Å². The van der Waals surface area contributed by atoms with Gasteiger partial charge in [-0.25, -0.2) is 4.57 Å². The summed E-state index contributed by atoms with van der Waals surface area (Å²) < 4.78 is 30.8. The lowest BCUT2D eigenvalue weighted by Crippen LogP contribution is -2.47. The van der Waals surface area contributed by atoms with Crippen LogP contribution in [0, 0.1) is 0 Å². The summed E-state index contributed by atoms with van der Waals surface area (Å²) in [6, 6.07) is -0.853. The van der Waals surface area contributed by atoms with E-state index in [0.29, 0.717) is 17.4 Å². The molecule has 2 N–H and O–H groups in total. The summed E-state index contributed by atoms with van der Waals surface area (Å²) >= 11 is 0. The first-order valence-corrected chi connectivity index (χ1v) is 37.3. The molecule has 0 radical (unpaired) electrons. The molecule has 10 heteroatoms. The van der Waals surface area contributed by atoms with Crippen LogP contribution in [-0.4, -0.2) is 74.3 Å². The third kappa shape index (κ3) is 63.9. The van der Waals surface area contributed by atoms with Gasteiger partial charge in [0, 0.05) is 12.8 Å². The SMILES string of the molecule is CCCCC/C=C\C/C=C\C/C=C\CCCCCCCCCCCCCCC(=O)NC(COP(=O)(O)OCC[N+](C)(C)C)C(/C=C\CCCCCCCCCCCC)OC(=O)CCCCCCCCCCCCC/C=C\C/C=C\CCCCC. The number of hydrogen-bond donors (Lipinski definition) is 2. The second-order valence-electron chi connectivity index (χ2n) is 25.4. The number of phosphoric acid groups is 1. The monoisotopic (exact) mass is 1200 g/mol. The van der Waals surface area contributed by atoms with E-state index < -0.39 is 20.0 Å². The summed E-state index contributed by atoms with van der Waals surface area (Å²) in [4.78, 5) is 37.9. The molecule has 0 aromatic carbocycles. The third-order valence-corrected chi connectivity index (χ3v) is 16.9. The van der Waals surface area contributed by atoms with Crippen LogP contribution in [0.3, 0.4) is 0 Å². The number of amides is 1. The van der Waals surface area contributed by atoms with E-state index >= 15 is 0 Å². The third-order valence-electron chi connectivity index (χ3n) is 15.9. The second kappa shape index (κ2) is 63.5. The fourth-order valence-electron chi connectivity index (χ4n) is 10.3. The predicted molar refractivity (Wildman–Crippen MR) is 365 cm³/mol. The van der Waals surface area contributed by atoms with Crippen LogP contribution in [0.2, 0.25) is 0 Å². The molecular formula is C74H138N2O7P+. The smallest absolute Gasteiger partial charge is 0.456 e. The summed E-state index contributed by atoms with van der Waals surface area (Å²) in [5, 5.41) is 3.07. The predicted octanol–water partition coefficient (Wildman–Crippen LogP) is 22.7. The van der Waals surface area contributed by atoms with Crippen LogP contribution in [0.4, 0.5) is 0 Å². The Morgan fingerprint density at radius 2 is 0.726 bits per heavy atom. The number of nitrogens with zero attached hydrogens (tertiary/aromatic N) is 1. The molecule has 0 rings (SSSR count). The van der Waals surface area contributed by atoms with Gasteiger partial charge in [-0.05, 0) is 102 Å². The molecule has 9 nitrogen and oxygen atoms in total. The molecule has 3 unspecified atom stereocenters. The van der Waals surface area contributed by atoms with Gasteiger partial charge >= 0.3 is 13.8 Å². The minimum Gasteiger partial charge on any atom is -0.456 e. The number of phosphoric ester groups is 1. The highest BCUT2D eigenvalue weighted by atomic mass is 31.2. The van der Waals surface area contributed by atoms with E-state index in [0.717, 1.165) is 77.0 Å². The van der Waals surface area contributed by atoms with Crippen molar-refractivity contribution < 1.29 is 37.3 Å². The first kappa shape index (κ1) is 81.5. The van der Waals surface area contributed by atoms with Gasteiger partial charge in [-0.1, -0.05) is 293 Å². The van der Waals surface area contributed by atoms with Crippen molar-refractivity contribution in [3.8, 4) is 0 Å². The van der Waals surface area contributed by atoms with Crippen LogP contribution in [-0.2, 0) is 27.9 Å². The number of likely N-dealkylation sites (N-methyl/N-ethyl adjacent to an activating group) is 1. The molecule has 0 aliphatic heterocycles. The van der Waals surface area contributed by atoms with E-state index in [4.69, 9.17) is 13.8 Å². The maximum absolute atomic E-state index is 13.6. The van der Waals surface area contributed by atoms with Crippen LogP contribution in [0.15, 0.2) is 72.9 Å². The van der Waals surface area contributed by atoms with E-state index in [9.17, 15) is 19.0 Å². The highest BCUT2D eigenvalue weighted by Crippen LogP contribution is 2.43. The summed E-state index contributed by atoms with van der Waals surface area (Å²) in [5.41, 5.74) is 0. The summed E-state index contributed by atoms with van der Waals surface area (Å²) in [7, 11) is 1.50. The van der Waals surface area contributed by atoms with E-state index in [2.05, 4.69) is 86.8 Å². The van der Waals surface area contributed by atoms with Gasteiger partial charge in [0.05, 0.1) is 33.8 Å². The zero-order chi connectivity index (χ0) is 61.4. The molecule has 0 spiro atoms. The lowest BCUT2D eigenvalue weighted by molar-refractivity contribution is -0.870. The molecule has 1 amide bonds. The van der Waals surface area contributed by atoms with Gasteiger partial charge in [0.2, 0.25) is 5.91 Å². The number of unbranched alkanes of at least 4 members (excludes halogenated alkanes) is 39. The molecule has 3 atom stereocenters. The minimum absolute atomic E-state index is 0.0386. The van der Waals surface area contributed by atoms with Gasteiger partial charge in [-0.2, -0.15) is 0 Å². The van der Waals surface area contributed by atoms with Crippen molar-refractivity contribution in [3.63, 3.8) is 0 Å². The maximum Gasteiger partial charge on any atom is 0.472 e. The standard InChI is InChI=1S/C74H137N2O7P/c1-7-10-13-16-19-22-25-28-30-32-34-36-37-38-39-41-42-44-46-48-51-54-57-60-63-66-73(77)75-71(70-82-84(79,80)81-69-68-76(4,5)6)72(65-62-59-56-53-50-27-24-21-18-15-12-9-3)83-74(78)67-64-61-58-55-52-49-47-45-43-40-35-33-31-29-26-23-20-17-14-11-8-2/h19-20,22-23,28-31,34,36,62,65,71-72H,7-18,21,24-27,32-33,35,37-61,63-64,66-70H2,1-6H3,(H-,75,77,79,80)/p+1/b22-19-,23-20-,30-28-,31-29-,36-34-,65-62-. The van der Waals surface area contributed by atoms with E-state index in [1.807, 2.05) is 33.3 Å². The lowest BCUT2D eigenvalue weighted by atomic mass is 10.0. The Hall–Kier alpha value is -2.55. The quantitative estimate of drug-likeness (QED) is 0.0205. The van der Waals surface area contributed by atoms with Crippen molar-refractivity contribution in [2.24, 2.45) is 0 Å². The molecule has 0 aromatic rings. The first-order chi connectivity index (χ1) is 40.9. The fourth-order valence-corrected chi connectivity index (χ4v) is 11.1. The molecule has 0 aliphatic rings. The number of hydrogen-bond acceptors (Lipinski definition) is 6. The Balaban J connectivity index is 5.06. The van der Waals surface area contributed by atoms with Crippen LogP contribution in [0.25, 0.3) is 0 Å². The average Bonchev–Trinajstić information content (AvgIpc) is 3.64. The van der Waals surface area contributed by atoms with E-state index in [1.165, 1.54) is 225 Å². The zero-order valence-corrected chi connectivity index (χ0v) is 57.0. The topological polar surface area (TPSA) is 111 Å². The number of carbonyl (C=O) groups excluding carboxylic acids is 2.